The van der Waals surface area contributed by atoms with Crippen LogP contribution in [0.3, 0.4) is 0 Å². The third-order valence-electron chi connectivity index (χ3n) is 3.46. The van der Waals surface area contributed by atoms with Crippen molar-refractivity contribution in [2.45, 2.75) is 41.0 Å². The van der Waals surface area contributed by atoms with E-state index in [2.05, 4.69) is 72.8 Å². The van der Waals surface area contributed by atoms with Gasteiger partial charge in [0.05, 0.1) is 0 Å². The number of phenols is 1. The number of benzene rings is 2. The van der Waals surface area contributed by atoms with Gasteiger partial charge in [-0.1, -0.05) is 63.2 Å². The second-order valence-electron chi connectivity index (χ2n) is 7.36. The van der Waals surface area contributed by atoms with Crippen molar-refractivity contribution in [2.24, 2.45) is 5.41 Å². The van der Waals surface area contributed by atoms with Crippen molar-refractivity contribution < 1.29 is 25.1 Å². The summed E-state index contributed by atoms with van der Waals surface area (Å²) >= 11 is 2.08. The largest absolute Gasteiger partial charge is 0.508 e. The summed E-state index contributed by atoms with van der Waals surface area (Å²) in [6.07, 6.45) is 8.63. The zero-order valence-corrected chi connectivity index (χ0v) is 18.1. The van der Waals surface area contributed by atoms with Crippen molar-refractivity contribution >= 4 is 3.81 Å². The van der Waals surface area contributed by atoms with Crippen LogP contribution in [-0.2, 0) is 20.0 Å². The topological polar surface area (TPSA) is 20.2 Å². The van der Waals surface area contributed by atoms with E-state index in [-0.39, 0.29) is 0 Å². The fourth-order valence-corrected chi connectivity index (χ4v) is 2.24. The third kappa shape index (κ3) is 9.13. The molecule has 135 valence electrons. The van der Waals surface area contributed by atoms with E-state index in [1.165, 1.54) is 9.38 Å². The Balaban J connectivity index is 0.000000227. The summed E-state index contributed by atoms with van der Waals surface area (Å²) in [6, 6.07) is 17.3. The van der Waals surface area contributed by atoms with Gasteiger partial charge in [-0.2, -0.15) is 6.08 Å². The minimum atomic E-state index is 0.299. The molecule has 0 atom stereocenters. The number of aromatic hydroxyl groups is 1. The van der Waals surface area contributed by atoms with Crippen LogP contribution < -0.4 is 0 Å². The average Bonchev–Trinajstić information content (AvgIpc) is 3.11. The van der Waals surface area contributed by atoms with E-state index in [9.17, 15) is 5.11 Å². The van der Waals surface area contributed by atoms with Crippen molar-refractivity contribution in [2.75, 3.05) is 0 Å². The van der Waals surface area contributed by atoms with Gasteiger partial charge in [0, 0.05) is 0 Å². The molecule has 0 spiro atoms. The molecule has 0 bridgehead atoms. The predicted molar refractivity (Wildman–Crippen MR) is 110 cm³/mol. The first-order valence-electron chi connectivity index (χ1n) is 8.84. The fourth-order valence-electron chi connectivity index (χ4n) is 2.24. The molecular formula is C24H29OTi. The standard InChI is InChI=1S/C12H10O.C9H13.C3H6.Ti/c13-12-8-4-7-11(9-12)10-5-2-1-3-6-10;1-9(2,3)8-6-4-5-7-8;1-3-2;/h1-9,13H;4,6H,5H2,1-3H3;1-2H3;/q;-1;;+1. The number of rotatable bonds is 1. The summed E-state index contributed by atoms with van der Waals surface area (Å²) in [4.78, 5) is 0. The minimum absolute atomic E-state index is 0.299. The van der Waals surface area contributed by atoms with Crippen LogP contribution in [0, 0.1) is 11.5 Å². The van der Waals surface area contributed by atoms with Crippen LogP contribution in [0.15, 0.2) is 72.3 Å². The molecule has 26 heavy (non-hydrogen) atoms. The zero-order chi connectivity index (χ0) is 19.6. The maximum absolute atomic E-state index is 9.27. The molecule has 0 saturated carbocycles. The van der Waals surface area contributed by atoms with Gasteiger partial charge in [0.1, 0.15) is 5.75 Å². The van der Waals surface area contributed by atoms with E-state index in [1.54, 1.807) is 12.1 Å². The number of phenolic OH excluding ortho intramolecular Hbond substituents is 1. The molecule has 0 saturated heterocycles. The van der Waals surface area contributed by atoms with E-state index in [0.29, 0.717) is 11.2 Å². The van der Waals surface area contributed by atoms with Crippen LogP contribution in [0.5, 0.6) is 5.75 Å². The molecule has 1 aliphatic rings. The molecule has 2 aromatic carbocycles. The second-order valence-corrected chi connectivity index (χ2v) is 8.92. The molecule has 3 rings (SSSR count). The number of hydrogen-bond acceptors (Lipinski definition) is 1. The first kappa shape index (κ1) is 22.3. The van der Waals surface area contributed by atoms with Crippen molar-refractivity contribution in [3.05, 3.63) is 78.4 Å². The Labute approximate surface area is 170 Å². The van der Waals surface area contributed by atoms with Crippen LogP contribution in [0.1, 0.15) is 41.0 Å². The van der Waals surface area contributed by atoms with Crippen molar-refractivity contribution in [3.8, 4) is 16.9 Å². The summed E-state index contributed by atoms with van der Waals surface area (Å²) < 4.78 is 1.42. The zero-order valence-electron chi connectivity index (χ0n) is 16.5. The predicted octanol–water partition coefficient (Wildman–Crippen LogP) is 6.53. The van der Waals surface area contributed by atoms with Gasteiger partial charge in [-0.05, 0) is 28.7 Å². The average molecular weight is 381 g/mol. The molecule has 1 N–H and O–H groups in total. The minimum Gasteiger partial charge on any atom is -0.508 e. The molecule has 0 radical (unpaired) electrons. The third-order valence-corrected chi connectivity index (χ3v) is 3.46. The van der Waals surface area contributed by atoms with E-state index < -0.39 is 0 Å². The monoisotopic (exact) mass is 381 g/mol. The maximum atomic E-state index is 9.27. The molecule has 0 amide bonds. The molecule has 2 aromatic rings. The molecular weight excluding hydrogens is 352 g/mol. The summed E-state index contributed by atoms with van der Waals surface area (Å²) in [5.41, 5.74) is 3.81. The van der Waals surface area contributed by atoms with Crippen molar-refractivity contribution in [3.63, 3.8) is 0 Å². The van der Waals surface area contributed by atoms with Crippen LogP contribution in [0.25, 0.3) is 11.1 Å². The van der Waals surface area contributed by atoms with Gasteiger partial charge >= 0.3 is 37.6 Å². The van der Waals surface area contributed by atoms with E-state index >= 15 is 0 Å². The normalized spacial score (nSPS) is 12.3. The van der Waals surface area contributed by atoms with Gasteiger partial charge in [0.2, 0.25) is 0 Å². The first-order chi connectivity index (χ1) is 12.2. The van der Waals surface area contributed by atoms with Gasteiger partial charge in [-0.3, -0.25) is 6.08 Å². The van der Waals surface area contributed by atoms with Gasteiger partial charge in [-0.25, -0.2) is 11.6 Å². The first-order valence-corrected chi connectivity index (χ1v) is 9.62. The molecule has 1 aliphatic carbocycles. The molecule has 1 nitrogen and oxygen atoms in total. The molecule has 0 unspecified atom stereocenters. The second kappa shape index (κ2) is 11.1. The Morgan fingerprint density at radius 2 is 1.54 bits per heavy atom. The van der Waals surface area contributed by atoms with Gasteiger partial charge in [0.15, 0.2) is 0 Å². The Morgan fingerprint density at radius 1 is 0.962 bits per heavy atom. The molecule has 0 heterocycles. The van der Waals surface area contributed by atoms with Crippen LogP contribution >= 0.6 is 0 Å². The van der Waals surface area contributed by atoms with Crippen LogP contribution in [0.4, 0.5) is 0 Å². The quantitative estimate of drug-likeness (QED) is 0.440. The molecule has 0 aromatic heterocycles. The Hall–Kier alpha value is -1.70. The number of allylic oxidation sites excluding steroid dienone is 4. The smallest absolute Gasteiger partial charge is 0.116 e. The fraction of sp³-hybridized carbons (Fsp3) is 0.292. The summed E-state index contributed by atoms with van der Waals surface area (Å²) in [5, 5.41) is 9.27. The number of hydrogen-bond donors (Lipinski definition) is 1. The van der Waals surface area contributed by atoms with Crippen LogP contribution in [-0.4, -0.2) is 8.92 Å². The van der Waals surface area contributed by atoms with Crippen molar-refractivity contribution in [1.82, 2.24) is 0 Å². The molecule has 0 aliphatic heterocycles. The Morgan fingerprint density at radius 3 is 1.96 bits per heavy atom. The van der Waals surface area contributed by atoms with Crippen molar-refractivity contribution in [1.29, 1.82) is 0 Å². The van der Waals surface area contributed by atoms with Gasteiger partial charge in [0.25, 0.3) is 0 Å². The van der Waals surface area contributed by atoms with Gasteiger partial charge < -0.3 is 5.11 Å². The van der Waals surface area contributed by atoms with Crippen LogP contribution in [0.2, 0.25) is 0 Å². The van der Waals surface area contributed by atoms with E-state index in [0.717, 1.165) is 17.5 Å². The molecule has 0 fully saturated rings. The maximum Gasteiger partial charge on any atom is 0.116 e. The van der Waals surface area contributed by atoms with E-state index in [1.807, 2.05) is 42.5 Å². The Kier molecular flexibility index (Phi) is 9.55. The van der Waals surface area contributed by atoms with E-state index in [4.69, 9.17) is 0 Å². The summed E-state index contributed by atoms with van der Waals surface area (Å²) in [6.45, 7) is 10.8. The van der Waals surface area contributed by atoms with Gasteiger partial charge in [-0.15, -0.1) is 6.42 Å². The Bertz CT molecular complexity index is 745. The molecule has 2 heteroatoms. The summed E-state index contributed by atoms with van der Waals surface area (Å²) in [5.74, 6) is 0.307. The SMILES string of the molecule is CC(C)(C)C1=[C-]CC=C1.C[C](C)=[Ti+].Oc1cccc(-c2ccccc2)c1. The summed E-state index contributed by atoms with van der Waals surface area (Å²) in [7, 11) is 0.